The van der Waals surface area contributed by atoms with E-state index in [0.717, 1.165) is 70.6 Å². The number of carbonyl (C=O) groups excluding carboxylic acids is 4. The summed E-state index contributed by atoms with van der Waals surface area (Å²) in [5.41, 5.74) is 10.7. The monoisotopic (exact) mass is 647 g/mol. The van der Waals surface area contributed by atoms with Crippen LogP contribution in [0.15, 0.2) is 0 Å². The van der Waals surface area contributed by atoms with E-state index in [2.05, 4.69) is 16.0 Å². The Morgan fingerprint density at radius 2 is 1.39 bits per heavy atom. The molecule has 13 nitrogen and oxygen atoms in total. The Morgan fingerprint density at radius 1 is 0.773 bits per heavy atom. The van der Waals surface area contributed by atoms with E-state index in [1.165, 1.54) is 11.8 Å². The number of carboxylic acid groups (broad SMARTS) is 1. The second-order valence-electron chi connectivity index (χ2n) is 10.9. The highest BCUT2D eigenvalue weighted by Crippen LogP contribution is 2.11. The number of carboxylic acids is 1. The lowest BCUT2D eigenvalue weighted by Crippen LogP contribution is -2.48. The summed E-state index contributed by atoms with van der Waals surface area (Å²) in [6.45, 7) is 3.73. The van der Waals surface area contributed by atoms with Gasteiger partial charge in [0, 0.05) is 31.2 Å². The van der Waals surface area contributed by atoms with E-state index in [9.17, 15) is 24.0 Å². The smallest absolute Gasteiger partial charge is 0.303 e. The standard InChI is InChI=1S/C30H57N5O8S/c1-24(22-44-23-26(32)36)29(40)34-17-18-42-19-20-43-21-27(37)35-25(13-10-11-15-31)30(41)33-16-12-8-6-4-2-3-5-7-9-14-28(38)39/h24-25H,2-23,31H2,1H3,(H2,32,36)(H,33,41)(H,34,40)(H,35,37)(H,38,39)/t24-,25-/m0/s1. The van der Waals surface area contributed by atoms with Gasteiger partial charge in [0.05, 0.1) is 25.6 Å². The largest absolute Gasteiger partial charge is 0.481 e. The molecule has 0 saturated heterocycles. The Morgan fingerprint density at radius 3 is 2.02 bits per heavy atom. The van der Waals surface area contributed by atoms with Gasteiger partial charge in [0.2, 0.25) is 23.6 Å². The van der Waals surface area contributed by atoms with Crippen molar-refractivity contribution in [3.63, 3.8) is 0 Å². The van der Waals surface area contributed by atoms with Crippen LogP contribution in [-0.4, -0.2) is 98.3 Å². The van der Waals surface area contributed by atoms with Gasteiger partial charge in [-0.1, -0.05) is 51.9 Å². The number of amides is 4. The number of hydrogen-bond donors (Lipinski definition) is 6. The fourth-order valence-electron chi connectivity index (χ4n) is 4.19. The summed E-state index contributed by atoms with van der Waals surface area (Å²) in [7, 11) is 0. The van der Waals surface area contributed by atoms with E-state index in [4.69, 9.17) is 26.0 Å². The fraction of sp³-hybridized carbons (Fsp3) is 0.833. The summed E-state index contributed by atoms with van der Waals surface area (Å²) in [5.74, 6) is -1.41. The van der Waals surface area contributed by atoms with Crippen LogP contribution in [0.1, 0.15) is 90.4 Å². The first-order valence-electron chi connectivity index (χ1n) is 16.0. The normalized spacial score (nSPS) is 12.3. The first-order chi connectivity index (χ1) is 21.2. The molecule has 0 heterocycles. The van der Waals surface area contributed by atoms with Crippen molar-refractivity contribution in [2.45, 2.75) is 96.4 Å². The van der Waals surface area contributed by atoms with Gasteiger partial charge in [-0.15, -0.1) is 0 Å². The van der Waals surface area contributed by atoms with Crippen molar-refractivity contribution in [3.05, 3.63) is 0 Å². The zero-order chi connectivity index (χ0) is 32.8. The summed E-state index contributed by atoms with van der Waals surface area (Å²) < 4.78 is 10.8. The van der Waals surface area contributed by atoms with Gasteiger partial charge < -0.3 is 42.0 Å². The van der Waals surface area contributed by atoms with Gasteiger partial charge in [-0.05, 0) is 38.6 Å². The van der Waals surface area contributed by atoms with Crippen molar-refractivity contribution in [2.24, 2.45) is 17.4 Å². The highest BCUT2D eigenvalue weighted by molar-refractivity contribution is 7.99. The second kappa shape index (κ2) is 29.3. The third kappa shape index (κ3) is 27.2. The topological polar surface area (TPSA) is 212 Å². The van der Waals surface area contributed by atoms with Gasteiger partial charge in [0.15, 0.2) is 0 Å². The number of nitrogens with one attached hydrogen (secondary N) is 3. The number of nitrogens with two attached hydrogens (primary N) is 2. The minimum absolute atomic E-state index is 0.127. The van der Waals surface area contributed by atoms with Crippen LogP contribution in [0.5, 0.6) is 0 Å². The summed E-state index contributed by atoms with van der Waals surface area (Å²) in [6, 6.07) is -0.643. The predicted octanol–water partition coefficient (Wildman–Crippen LogP) is 1.71. The first kappa shape index (κ1) is 41.6. The maximum Gasteiger partial charge on any atom is 0.303 e. The highest BCUT2D eigenvalue weighted by atomic mass is 32.2. The van der Waals surface area contributed by atoms with Gasteiger partial charge in [-0.3, -0.25) is 24.0 Å². The Labute approximate surface area is 267 Å². The number of ether oxygens (including phenoxy) is 2. The molecule has 0 rings (SSSR count). The predicted molar refractivity (Wildman–Crippen MR) is 172 cm³/mol. The van der Waals surface area contributed by atoms with Crippen molar-refractivity contribution < 1.29 is 38.6 Å². The summed E-state index contributed by atoms with van der Waals surface area (Å²) >= 11 is 1.32. The summed E-state index contributed by atoms with van der Waals surface area (Å²) in [5, 5.41) is 17.1. The van der Waals surface area contributed by atoms with E-state index in [0.29, 0.717) is 38.4 Å². The van der Waals surface area contributed by atoms with Crippen molar-refractivity contribution in [1.82, 2.24) is 16.0 Å². The summed E-state index contributed by atoms with van der Waals surface area (Å²) in [6.07, 6.45) is 11.4. The first-order valence-corrected chi connectivity index (χ1v) is 17.1. The molecule has 0 radical (unpaired) electrons. The van der Waals surface area contributed by atoms with Crippen LogP contribution >= 0.6 is 11.8 Å². The molecule has 0 aromatic rings. The van der Waals surface area contributed by atoms with Crippen LogP contribution in [0, 0.1) is 5.92 Å². The lowest BCUT2D eigenvalue weighted by molar-refractivity contribution is -0.137. The van der Waals surface area contributed by atoms with E-state index in [1.54, 1.807) is 6.92 Å². The summed E-state index contributed by atoms with van der Waals surface area (Å²) in [4.78, 5) is 58.4. The molecule has 4 amide bonds. The molecule has 0 saturated carbocycles. The average molecular weight is 648 g/mol. The number of hydrogen-bond acceptors (Lipinski definition) is 9. The third-order valence-electron chi connectivity index (χ3n) is 6.68. The van der Waals surface area contributed by atoms with Crippen molar-refractivity contribution in [1.29, 1.82) is 0 Å². The van der Waals surface area contributed by atoms with Gasteiger partial charge in [0.1, 0.15) is 12.6 Å². The van der Waals surface area contributed by atoms with Crippen LogP contribution in [-0.2, 0) is 33.4 Å². The van der Waals surface area contributed by atoms with Crippen LogP contribution in [0.2, 0.25) is 0 Å². The van der Waals surface area contributed by atoms with Crippen LogP contribution in [0.25, 0.3) is 0 Å². The van der Waals surface area contributed by atoms with Crippen molar-refractivity contribution >= 4 is 41.4 Å². The number of primary amides is 1. The zero-order valence-corrected chi connectivity index (χ0v) is 27.4. The molecule has 0 aliphatic carbocycles. The molecule has 44 heavy (non-hydrogen) atoms. The van der Waals surface area contributed by atoms with Crippen LogP contribution in [0.3, 0.4) is 0 Å². The SMILES string of the molecule is C[C@@H](CSCC(N)=O)C(=O)NCCOCCOCC(=O)N[C@@H](CCCCN)C(=O)NCCCCCCCCCCCC(=O)O. The molecule has 0 spiro atoms. The number of aliphatic carboxylic acids is 1. The number of thioether (sulfide) groups is 1. The molecule has 0 aliphatic heterocycles. The van der Waals surface area contributed by atoms with Gasteiger partial charge in [0.25, 0.3) is 0 Å². The third-order valence-corrected chi connectivity index (χ3v) is 7.90. The Hall–Kier alpha value is -2.42. The number of unbranched alkanes of at least 4 members (excludes halogenated alkanes) is 9. The fourth-order valence-corrected chi connectivity index (χ4v) is 5.01. The molecular formula is C30H57N5O8S. The van der Waals surface area contributed by atoms with Crippen LogP contribution < -0.4 is 27.4 Å². The molecule has 14 heteroatoms. The molecule has 0 aliphatic rings. The Balaban J connectivity index is 4.00. The molecule has 0 fully saturated rings. The minimum Gasteiger partial charge on any atom is -0.481 e. The second-order valence-corrected chi connectivity index (χ2v) is 11.9. The van der Waals surface area contributed by atoms with Crippen LogP contribution in [0.4, 0.5) is 0 Å². The van der Waals surface area contributed by atoms with E-state index >= 15 is 0 Å². The van der Waals surface area contributed by atoms with Gasteiger partial charge in [-0.2, -0.15) is 11.8 Å². The highest BCUT2D eigenvalue weighted by Gasteiger charge is 2.20. The van der Waals surface area contributed by atoms with Gasteiger partial charge >= 0.3 is 5.97 Å². The molecule has 256 valence electrons. The molecule has 0 aromatic heterocycles. The van der Waals surface area contributed by atoms with E-state index in [-0.39, 0.29) is 55.6 Å². The molecule has 0 unspecified atom stereocenters. The van der Waals surface area contributed by atoms with Gasteiger partial charge in [-0.25, -0.2) is 0 Å². The number of carbonyl (C=O) groups is 5. The maximum absolute atomic E-state index is 12.7. The minimum atomic E-state index is -0.729. The number of rotatable bonds is 31. The molecule has 0 aromatic carbocycles. The lowest BCUT2D eigenvalue weighted by Gasteiger charge is -2.18. The Bertz CT molecular complexity index is 805. The lowest BCUT2D eigenvalue weighted by atomic mass is 10.1. The maximum atomic E-state index is 12.7. The van der Waals surface area contributed by atoms with E-state index < -0.39 is 17.9 Å². The quantitative estimate of drug-likeness (QED) is 0.0600. The average Bonchev–Trinajstić information content (AvgIpc) is 2.97. The Kier molecular flexibility index (Phi) is 27.7. The molecule has 0 bridgehead atoms. The zero-order valence-electron chi connectivity index (χ0n) is 26.6. The van der Waals surface area contributed by atoms with Crippen molar-refractivity contribution in [2.75, 3.05) is 57.6 Å². The molecule has 8 N–H and O–H groups in total. The van der Waals surface area contributed by atoms with Crippen molar-refractivity contribution in [3.8, 4) is 0 Å². The molecular weight excluding hydrogens is 590 g/mol. The van der Waals surface area contributed by atoms with E-state index in [1.807, 2.05) is 0 Å². The molecule has 2 atom stereocenters.